The van der Waals surface area contributed by atoms with Gasteiger partial charge in [0.2, 0.25) is 0 Å². The molecule has 0 aliphatic carbocycles. The van der Waals surface area contributed by atoms with Gasteiger partial charge in [-0.15, -0.1) is 0 Å². The average Bonchev–Trinajstić information content (AvgIpc) is 2.49. The van der Waals surface area contributed by atoms with Crippen LogP contribution in [0.15, 0.2) is 24.5 Å². The number of nitrogens with one attached hydrogen (secondary N) is 1. The van der Waals surface area contributed by atoms with Crippen molar-refractivity contribution in [1.82, 2.24) is 15.2 Å². The second-order valence-corrected chi connectivity index (χ2v) is 5.55. The van der Waals surface area contributed by atoms with E-state index in [2.05, 4.69) is 22.2 Å². The number of piperidine rings is 1. The van der Waals surface area contributed by atoms with Crippen molar-refractivity contribution < 1.29 is 9.53 Å². The van der Waals surface area contributed by atoms with Crippen LogP contribution in [0.25, 0.3) is 0 Å². The Morgan fingerprint density at radius 1 is 1.50 bits per heavy atom. The molecule has 1 fully saturated rings. The minimum atomic E-state index is -0.157. The highest BCUT2D eigenvalue weighted by atomic mass is 16.5. The molecule has 0 amide bonds. The van der Waals surface area contributed by atoms with Crippen LogP contribution < -0.4 is 5.32 Å². The maximum absolute atomic E-state index is 11.7. The van der Waals surface area contributed by atoms with Gasteiger partial charge in [-0.3, -0.25) is 9.78 Å². The summed E-state index contributed by atoms with van der Waals surface area (Å²) in [4.78, 5) is 18.1. The molecule has 0 bridgehead atoms. The van der Waals surface area contributed by atoms with Crippen molar-refractivity contribution >= 4 is 5.97 Å². The van der Waals surface area contributed by atoms with Gasteiger partial charge in [-0.05, 0) is 44.6 Å². The minimum Gasteiger partial charge on any atom is -0.469 e. The van der Waals surface area contributed by atoms with Crippen LogP contribution in [0.2, 0.25) is 0 Å². The van der Waals surface area contributed by atoms with Crippen molar-refractivity contribution in [2.24, 2.45) is 0 Å². The summed E-state index contributed by atoms with van der Waals surface area (Å²) in [5, 5.41) is 3.57. The van der Waals surface area contributed by atoms with E-state index >= 15 is 0 Å². The molecule has 2 rings (SSSR count). The standard InChI is InChI=1S/C15H23N3O2/c1-18-8-5-15(6-9-18,10-14(19)20-2)17-12-13-4-3-7-16-11-13/h3-4,7,11,17H,5-6,8-10,12H2,1-2H3. The molecule has 0 radical (unpaired) electrons. The van der Waals surface area contributed by atoms with Crippen LogP contribution in [0, 0.1) is 0 Å². The van der Waals surface area contributed by atoms with E-state index in [1.807, 2.05) is 18.3 Å². The maximum Gasteiger partial charge on any atom is 0.307 e. The van der Waals surface area contributed by atoms with Gasteiger partial charge in [0.15, 0.2) is 0 Å². The lowest BCUT2D eigenvalue weighted by Crippen LogP contribution is -2.53. The van der Waals surface area contributed by atoms with Crippen LogP contribution in [0.5, 0.6) is 0 Å². The number of aromatic nitrogens is 1. The van der Waals surface area contributed by atoms with Gasteiger partial charge in [-0.2, -0.15) is 0 Å². The molecule has 20 heavy (non-hydrogen) atoms. The molecule has 1 aliphatic rings. The molecule has 5 nitrogen and oxygen atoms in total. The molecule has 1 aliphatic heterocycles. The van der Waals surface area contributed by atoms with Crippen molar-refractivity contribution in [3.05, 3.63) is 30.1 Å². The summed E-state index contributed by atoms with van der Waals surface area (Å²) >= 11 is 0. The third-order valence-corrected chi connectivity index (χ3v) is 4.04. The molecule has 0 atom stereocenters. The summed E-state index contributed by atoms with van der Waals surface area (Å²) in [7, 11) is 3.56. The van der Waals surface area contributed by atoms with E-state index in [4.69, 9.17) is 4.74 Å². The number of hydrogen-bond donors (Lipinski definition) is 1. The molecule has 5 heteroatoms. The van der Waals surface area contributed by atoms with Crippen molar-refractivity contribution in [2.45, 2.75) is 31.3 Å². The van der Waals surface area contributed by atoms with E-state index in [1.165, 1.54) is 7.11 Å². The maximum atomic E-state index is 11.7. The zero-order valence-corrected chi connectivity index (χ0v) is 12.3. The molecule has 0 unspecified atom stereocenters. The van der Waals surface area contributed by atoms with Crippen molar-refractivity contribution in [3.8, 4) is 0 Å². The number of nitrogens with zero attached hydrogens (tertiary/aromatic N) is 2. The molecule has 1 aromatic heterocycles. The van der Waals surface area contributed by atoms with Gasteiger partial charge in [-0.1, -0.05) is 6.07 Å². The Kier molecular flexibility index (Phi) is 5.09. The van der Waals surface area contributed by atoms with Gasteiger partial charge in [-0.25, -0.2) is 0 Å². The van der Waals surface area contributed by atoms with Crippen LogP contribution in [0.1, 0.15) is 24.8 Å². The number of carbonyl (C=O) groups excluding carboxylic acids is 1. The Labute approximate surface area is 120 Å². The molecular weight excluding hydrogens is 254 g/mol. The lowest BCUT2D eigenvalue weighted by molar-refractivity contribution is -0.143. The number of hydrogen-bond acceptors (Lipinski definition) is 5. The second-order valence-electron chi connectivity index (χ2n) is 5.55. The van der Waals surface area contributed by atoms with E-state index in [0.717, 1.165) is 38.0 Å². The number of methoxy groups -OCH3 is 1. The third-order valence-electron chi connectivity index (χ3n) is 4.04. The fourth-order valence-corrected chi connectivity index (χ4v) is 2.60. The number of likely N-dealkylation sites (tertiary alicyclic amines) is 1. The van der Waals surface area contributed by atoms with E-state index in [1.54, 1.807) is 6.20 Å². The van der Waals surface area contributed by atoms with Crippen LogP contribution in [-0.2, 0) is 16.1 Å². The smallest absolute Gasteiger partial charge is 0.307 e. The van der Waals surface area contributed by atoms with Crippen LogP contribution in [-0.4, -0.2) is 48.6 Å². The number of ether oxygens (including phenoxy) is 1. The Bertz CT molecular complexity index is 428. The van der Waals surface area contributed by atoms with E-state index in [-0.39, 0.29) is 11.5 Å². The van der Waals surface area contributed by atoms with Gasteiger partial charge in [0, 0.05) is 24.5 Å². The fraction of sp³-hybridized carbons (Fsp3) is 0.600. The molecule has 2 heterocycles. The Hall–Kier alpha value is -1.46. The normalized spacial score (nSPS) is 18.7. The van der Waals surface area contributed by atoms with Crippen molar-refractivity contribution in [1.29, 1.82) is 0 Å². The summed E-state index contributed by atoms with van der Waals surface area (Å²) in [5.41, 5.74) is 0.978. The first-order valence-corrected chi connectivity index (χ1v) is 7.03. The SMILES string of the molecule is COC(=O)CC1(NCc2cccnc2)CCN(C)CC1. The summed E-state index contributed by atoms with van der Waals surface area (Å²) in [6.07, 6.45) is 5.96. The van der Waals surface area contributed by atoms with Crippen LogP contribution >= 0.6 is 0 Å². The highest BCUT2D eigenvalue weighted by Gasteiger charge is 2.35. The summed E-state index contributed by atoms with van der Waals surface area (Å²) in [6, 6.07) is 3.97. The van der Waals surface area contributed by atoms with E-state index < -0.39 is 0 Å². The lowest BCUT2D eigenvalue weighted by Gasteiger charge is -2.41. The number of rotatable bonds is 5. The number of pyridine rings is 1. The first kappa shape index (κ1) is 14.9. The average molecular weight is 277 g/mol. The zero-order chi connectivity index (χ0) is 14.4. The first-order valence-electron chi connectivity index (χ1n) is 7.03. The molecule has 1 N–H and O–H groups in total. The fourth-order valence-electron chi connectivity index (χ4n) is 2.60. The van der Waals surface area contributed by atoms with Crippen LogP contribution in [0.3, 0.4) is 0 Å². The Morgan fingerprint density at radius 2 is 2.25 bits per heavy atom. The van der Waals surface area contributed by atoms with Gasteiger partial charge in [0.05, 0.1) is 13.5 Å². The van der Waals surface area contributed by atoms with E-state index in [0.29, 0.717) is 6.42 Å². The van der Waals surface area contributed by atoms with Crippen molar-refractivity contribution in [3.63, 3.8) is 0 Å². The van der Waals surface area contributed by atoms with Crippen LogP contribution in [0.4, 0.5) is 0 Å². The Balaban J connectivity index is 2.01. The topological polar surface area (TPSA) is 54.5 Å². The summed E-state index contributed by atoms with van der Waals surface area (Å²) in [5.74, 6) is -0.145. The van der Waals surface area contributed by atoms with Crippen molar-refractivity contribution in [2.75, 3.05) is 27.2 Å². The molecule has 110 valence electrons. The predicted octanol–water partition coefficient (Wildman–Crippen LogP) is 1.20. The third kappa shape index (κ3) is 4.02. The first-order chi connectivity index (χ1) is 9.63. The Morgan fingerprint density at radius 3 is 2.85 bits per heavy atom. The minimum absolute atomic E-state index is 0.145. The number of esters is 1. The second kappa shape index (κ2) is 6.81. The molecule has 1 saturated heterocycles. The largest absolute Gasteiger partial charge is 0.469 e. The van der Waals surface area contributed by atoms with Gasteiger partial charge >= 0.3 is 5.97 Å². The molecule has 0 spiro atoms. The zero-order valence-electron chi connectivity index (χ0n) is 12.3. The molecule has 0 aromatic carbocycles. The molecule has 0 saturated carbocycles. The molecule has 1 aromatic rings. The summed E-state index contributed by atoms with van der Waals surface area (Å²) < 4.78 is 4.85. The quantitative estimate of drug-likeness (QED) is 0.820. The van der Waals surface area contributed by atoms with Gasteiger partial charge < -0.3 is 15.0 Å². The van der Waals surface area contributed by atoms with Gasteiger partial charge in [0.1, 0.15) is 0 Å². The molecular formula is C15H23N3O2. The lowest BCUT2D eigenvalue weighted by atomic mass is 9.84. The predicted molar refractivity (Wildman–Crippen MR) is 77.2 cm³/mol. The monoisotopic (exact) mass is 277 g/mol. The summed E-state index contributed by atoms with van der Waals surface area (Å²) in [6.45, 7) is 2.72. The van der Waals surface area contributed by atoms with Gasteiger partial charge in [0.25, 0.3) is 0 Å². The van der Waals surface area contributed by atoms with E-state index in [9.17, 15) is 4.79 Å². The number of carbonyl (C=O) groups is 1. The highest BCUT2D eigenvalue weighted by Crippen LogP contribution is 2.26. The highest BCUT2D eigenvalue weighted by molar-refractivity contribution is 5.70.